The number of benzene rings is 3. The predicted octanol–water partition coefficient (Wildman–Crippen LogP) is 5.95. The summed E-state index contributed by atoms with van der Waals surface area (Å²) < 4.78 is 46.2. The Morgan fingerprint density at radius 3 is 2.38 bits per heavy atom. The molecule has 1 aliphatic heterocycles. The molecule has 4 aromatic rings. The second kappa shape index (κ2) is 9.17. The van der Waals surface area contributed by atoms with Crippen LogP contribution in [0.2, 0.25) is 10.0 Å². The number of H-pyrrole nitrogens is 1. The number of alkyl halides is 3. The van der Waals surface area contributed by atoms with Crippen molar-refractivity contribution in [2.24, 2.45) is 0 Å². The molecule has 0 aliphatic carbocycles. The average Bonchev–Trinajstić information content (AvgIpc) is 3.39. The van der Waals surface area contributed by atoms with Gasteiger partial charge in [0.25, 0.3) is 5.91 Å². The molecular weight excluding hydrogens is 564 g/mol. The van der Waals surface area contributed by atoms with Crippen LogP contribution in [0.25, 0.3) is 11.0 Å². The van der Waals surface area contributed by atoms with Crippen LogP contribution in [-0.4, -0.2) is 46.3 Å². The summed E-state index contributed by atoms with van der Waals surface area (Å²) in [4.78, 5) is 46.2. The van der Waals surface area contributed by atoms with E-state index in [1.807, 2.05) is 0 Å². The molecule has 200 valence electrons. The van der Waals surface area contributed by atoms with Crippen molar-refractivity contribution in [3.05, 3.63) is 87.4 Å². The van der Waals surface area contributed by atoms with Crippen LogP contribution in [0.4, 0.5) is 29.6 Å². The van der Waals surface area contributed by atoms with Crippen LogP contribution in [0.3, 0.4) is 0 Å². The van der Waals surface area contributed by atoms with Crippen molar-refractivity contribution in [2.75, 3.05) is 16.8 Å². The number of hydrogen-bond donors (Lipinski definition) is 2. The van der Waals surface area contributed by atoms with E-state index in [4.69, 9.17) is 27.9 Å². The molecule has 0 saturated heterocycles. The highest BCUT2D eigenvalue weighted by atomic mass is 35.5. The van der Waals surface area contributed by atoms with E-state index in [1.165, 1.54) is 67.7 Å². The third-order valence-electron chi connectivity index (χ3n) is 6.08. The van der Waals surface area contributed by atoms with Gasteiger partial charge in [0.15, 0.2) is 0 Å². The Labute approximate surface area is 227 Å². The Bertz CT molecular complexity index is 1650. The number of aromatic nitrogens is 2. The quantitative estimate of drug-likeness (QED) is 0.289. The third kappa shape index (κ3) is 4.31. The number of carboxylic acid groups (broad SMARTS) is 1. The van der Waals surface area contributed by atoms with Gasteiger partial charge < -0.3 is 14.8 Å². The molecule has 1 aliphatic rings. The molecular formula is C25H15Cl2F3N4O5. The third-order valence-corrected chi connectivity index (χ3v) is 6.52. The smallest absolute Gasteiger partial charge is 0.465 e. The molecule has 1 aromatic heterocycles. The Balaban J connectivity index is 1.83. The first-order valence-electron chi connectivity index (χ1n) is 11.0. The molecule has 0 bridgehead atoms. The molecule has 3 aromatic carbocycles. The van der Waals surface area contributed by atoms with Gasteiger partial charge in [-0.2, -0.15) is 13.2 Å². The number of carbonyl (C=O) groups excluding carboxylic acids is 2. The van der Waals surface area contributed by atoms with Crippen molar-refractivity contribution < 1.29 is 37.4 Å². The molecule has 1 atom stereocenters. The van der Waals surface area contributed by atoms with Gasteiger partial charge in [0.1, 0.15) is 0 Å². The normalized spacial score (nSPS) is 16.9. The first-order valence-corrected chi connectivity index (χ1v) is 11.8. The number of esters is 1. The Hall–Kier alpha value is -4.29. The maximum atomic E-state index is 13.7. The number of halogens is 5. The molecule has 2 N–H and O–H groups in total. The maximum absolute atomic E-state index is 13.7. The summed E-state index contributed by atoms with van der Waals surface area (Å²) in [6, 6.07) is 13.7. The van der Waals surface area contributed by atoms with Gasteiger partial charge in [0, 0.05) is 33.8 Å². The van der Waals surface area contributed by atoms with E-state index < -0.39 is 29.9 Å². The number of aromatic amines is 1. The zero-order valence-electron chi connectivity index (χ0n) is 19.6. The number of carbonyl (C=O) groups is 3. The van der Waals surface area contributed by atoms with Crippen molar-refractivity contribution in [3.63, 3.8) is 0 Å². The minimum absolute atomic E-state index is 0.0282. The molecule has 0 radical (unpaired) electrons. The van der Waals surface area contributed by atoms with Gasteiger partial charge in [-0.05, 0) is 36.4 Å². The van der Waals surface area contributed by atoms with E-state index >= 15 is 0 Å². The first-order chi connectivity index (χ1) is 18.3. The summed E-state index contributed by atoms with van der Waals surface area (Å²) >= 11 is 12.3. The van der Waals surface area contributed by atoms with Gasteiger partial charge in [-0.25, -0.2) is 14.6 Å². The van der Waals surface area contributed by atoms with Gasteiger partial charge >= 0.3 is 18.2 Å². The minimum Gasteiger partial charge on any atom is -0.465 e. The zero-order valence-corrected chi connectivity index (χ0v) is 21.1. The molecule has 39 heavy (non-hydrogen) atoms. The molecule has 5 rings (SSSR count). The highest BCUT2D eigenvalue weighted by Gasteiger charge is 2.58. The van der Waals surface area contributed by atoms with Gasteiger partial charge in [0.05, 0.1) is 16.7 Å². The summed E-state index contributed by atoms with van der Waals surface area (Å²) in [6.07, 6.45) is -6.73. The highest BCUT2D eigenvalue weighted by molar-refractivity contribution is 6.35. The maximum Gasteiger partial charge on any atom is 0.491 e. The summed E-state index contributed by atoms with van der Waals surface area (Å²) in [6.45, 7) is 0. The van der Waals surface area contributed by atoms with Gasteiger partial charge in [-0.1, -0.05) is 47.5 Å². The van der Waals surface area contributed by atoms with Crippen molar-refractivity contribution in [3.8, 4) is 0 Å². The fourth-order valence-corrected chi connectivity index (χ4v) is 4.92. The van der Waals surface area contributed by atoms with Crippen molar-refractivity contribution in [1.82, 2.24) is 9.97 Å². The first kappa shape index (κ1) is 26.3. The average molecular weight is 579 g/mol. The lowest BCUT2D eigenvalue weighted by Gasteiger charge is -2.39. The summed E-state index contributed by atoms with van der Waals surface area (Å²) in [7, 11) is 1.24. The number of fused-ring (bicyclic) bond motifs is 2. The summed E-state index contributed by atoms with van der Waals surface area (Å²) in [5, 5.41) is 9.43. The van der Waals surface area contributed by atoms with E-state index in [-0.39, 0.29) is 49.4 Å². The number of rotatable bonds is 4. The van der Waals surface area contributed by atoms with Crippen LogP contribution < -0.4 is 9.80 Å². The van der Waals surface area contributed by atoms with Crippen molar-refractivity contribution in [2.45, 2.75) is 11.9 Å². The van der Waals surface area contributed by atoms with E-state index in [0.717, 1.165) is 9.80 Å². The molecule has 0 fully saturated rings. The van der Waals surface area contributed by atoms with Crippen molar-refractivity contribution >= 4 is 63.8 Å². The van der Waals surface area contributed by atoms with Gasteiger partial charge in [0.2, 0.25) is 11.7 Å². The van der Waals surface area contributed by atoms with Gasteiger partial charge in [-0.3, -0.25) is 14.6 Å². The lowest BCUT2D eigenvalue weighted by atomic mass is 9.92. The summed E-state index contributed by atoms with van der Waals surface area (Å²) in [5.41, 5.74) is -2.21. The SMILES string of the molecule is CN(C(=O)O)c1nc2ccc(C3(OC(=O)C(F)(F)F)c4ccccc4C(=O)N3c3cc(Cl)cc(Cl)c3)cc2[nH]1. The fourth-order valence-electron chi connectivity index (χ4n) is 4.41. The Morgan fingerprint density at radius 2 is 1.74 bits per heavy atom. The minimum atomic E-state index is -5.42. The van der Waals surface area contributed by atoms with Crippen LogP contribution >= 0.6 is 23.2 Å². The zero-order chi connectivity index (χ0) is 28.3. The molecule has 1 unspecified atom stereocenters. The van der Waals surface area contributed by atoms with E-state index in [0.29, 0.717) is 0 Å². The molecule has 2 amide bonds. The highest BCUT2D eigenvalue weighted by Crippen LogP contribution is 2.49. The fraction of sp³-hybridized carbons (Fsp3) is 0.120. The number of hydrogen-bond acceptors (Lipinski definition) is 5. The largest absolute Gasteiger partial charge is 0.491 e. The molecule has 9 nitrogen and oxygen atoms in total. The number of ether oxygens (including phenoxy) is 1. The van der Waals surface area contributed by atoms with Crippen LogP contribution in [0.1, 0.15) is 21.5 Å². The number of imidazole rings is 1. The molecule has 2 heterocycles. The number of nitrogens with zero attached hydrogens (tertiary/aromatic N) is 3. The van der Waals surface area contributed by atoms with Crippen LogP contribution in [0.15, 0.2) is 60.7 Å². The van der Waals surface area contributed by atoms with E-state index in [9.17, 15) is 32.7 Å². The standard InChI is InChI=1S/C25H15Cl2F3N4O5/c1-33(23(37)38)22-31-18-7-6-12(8-19(18)32-22)24(39-21(36)25(28,29)30)17-5-3-2-4-16(17)20(35)34(24)15-10-13(26)9-14(27)11-15/h2-11H,1H3,(H,31,32)(H,37,38). The lowest BCUT2D eigenvalue weighted by Crippen LogP contribution is -2.50. The topological polar surface area (TPSA) is 116 Å². The van der Waals surface area contributed by atoms with E-state index in [1.54, 1.807) is 0 Å². The molecule has 0 saturated carbocycles. The van der Waals surface area contributed by atoms with Crippen LogP contribution in [0, 0.1) is 0 Å². The van der Waals surface area contributed by atoms with Crippen LogP contribution in [-0.2, 0) is 15.3 Å². The van der Waals surface area contributed by atoms with Gasteiger partial charge in [-0.15, -0.1) is 0 Å². The number of anilines is 2. The summed E-state index contributed by atoms with van der Waals surface area (Å²) in [5.74, 6) is -3.41. The molecule has 14 heteroatoms. The molecule has 0 spiro atoms. The predicted molar refractivity (Wildman–Crippen MR) is 135 cm³/mol. The van der Waals surface area contributed by atoms with Crippen LogP contribution in [0.5, 0.6) is 0 Å². The Kier molecular flexibility index (Phi) is 6.19. The second-order valence-electron chi connectivity index (χ2n) is 8.48. The second-order valence-corrected chi connectivity index (χ2v) is 9.35. The Morgan fingerprint density at radius 1 is 1.08 bits per heavy atom. The monoisotopic (exact) mass is 578 g/mol. The van der Waals surface area contributed by atoms with Crippen molar-refractivity contribution in [1.29, 1.82) is 0 Å². The number of amides is 2. The number of nitrogens with one attached hydrogen (secondary N) is 1. The lowest BCUT2D eigenvalue weighted by molar-refractivity contribution is -0.211. The van der Waals surface area contributed by atoms with E-state index in [2.05, 4.69) is 9.97 Å².